The molecule has 0 aromatic carbocycles. The molecule has 0 bridgehead atoms. The molecule has 0 heterocycles. The summed E-state index contributed by atoms with van der Waals surface area (Å²) in [5, 5.41) is 18.4. The zero-order chi connectivity index (χ0) is 10.8. The lowest BCUT2D eigenvalue weighted by atomic mass is 9.88. The number of nitrogens with two attached hydrogens (primary N) is 1. The molecule has 0 saturated heterocycles. The van der Waals surface area contributed by atoms with E-state index in [2.05, 4.69) is 0 Å². The molecule has 0 saturated carbocycles. The Kier molecular flexibility index (Phi) is 3.31. The third-order valence-electron chi connectivity index (χ3n) is 2.56. The average molecular weight is 199 g/mol. The number of hydrogen-bond acceptors (Lipinski definition) is 4. The van der Waals surface area contributed by atoms with Crippen molar-refractivity contribution in [1.29, 1.82) is 0 Å². The van der Waals surface area contributed by atoms with Gasteiger partial charge in [0.15, 0.2) is 0 Å². The van der Waals surface area contributed by atoms with Crippen molar-refractivity contribution in [3.05, 3.63) is 23.0 Å². The molecule has 0 aromatic heterocycles. The molecule has 0 spiro atoms. The van der Waals surface area contributed by atoms with Crippen LogP contribution in [0.2, 0.25) is 0 Å². The van der Waals surface area contributed by atoms with Gasteiger partial charge >= 0.3 is 0 Å². The Hall–Kier alpha value is -0.840. The maximum atomic E-state index is 9.51. The number of ether oxygens (including phenoxy) is 1. The lowest BCUT2D eigenvalue weighted by Crippen LogP contribution is -2.45. The highest BCUT2D eigenvalue weighted by atomic mass is 16.5. The smallest absolute Gasteiger partial charge is 0.142 e. The summed E-state index contributed by atoms with van der Waals surface area (Å²) >= 11 is 0. The third kappa shape index (κ3) is 1.97. The number of aliphatic hydroxyl groups is 2. The molecular weight excluding hydrogens is 182 g/mol. The Morgan fingerprint density at radius 1 is 1.64 bits per heavy atom. The van der Waals surface area contributed by atoms with Crippen LogP contribution in [0.1, 0.15) is 19.8 Å². The summed E-state index contributed by atoms with van der Waals surface area (Å²) in [5.41, 5.74) is 6.65. The molecule has 1 unspecified atom stereocenters. The molecule has 0 aliphatic heterocycles. The van der Waals surface area contributed by atoms with Gasteiger partial charge in [0.2, 0.25) is 0 Å². The molecule has 80 valence electrons. The van der Waals surface area contributed by atoms with Crippen molar-refractivity contribution in [2.45, 2.75) is 25.5 Å². The molecule has 0 radical (unpaired) electrons. The van der Waals surface area contributed by atoms with E-state index in [4.69, 9.17) is 15.6 Å². The van der Waals surface area contributed by atoms with Crippen LogP contribution in [0.15, 0.2) is 23.0 Å². The number of rotatable bonds is 3. The van der Waals surface area contributed by atoms with Crippen molar-refractivity contribution in [2.24, 2.45) is 5.73 Å². The summed E-state index contributed by atoms with van der Waals surface area (Å²) in [6, 6.07) is 0. The standard InChI is InChI=1S/C10H17NO3/c1-7-6-10(11,14-2)8(3-4-12)5-9(7)13/h5,12-13H,3-4,6,11H2,1-2H3. The fourth-order valence-corrected chi connectivity index (χ4v) is 1.62. The quantitative estimate of drug-likeness (QED) is 0.588. The zero-order valence-corrected chi connectivity index (χ0v) is 8.58. The monoisotopic (exact) mass is 199 g/mol. The van der Waals surface area contributed by atoms with E-state index in [9.17, 15) is 5.11 Å². The SMILES string of the molecule is COC1(N)CC(C)=C(O)C=C1CCO. The number of hydrogen-bond donors (Lipinski definition) is 3. The maximum Gasteiger partial charge on any atom is 0.142 e. The summed E-state index contributed by atoms with van der Waals surface area (Å²) in [4.78, 5) is 0. The second-order valence-corrected chi connectivity index (χ2v) is 3.58. The lowest BCUT2D eigenvalue weighted by Gasteiger charge is -2.34. The number of allylic oxidation sites excluding steroid dienone is 1. The van der Waals surface area contributed by atoms with Gasteiger partial charge in [0.1, 0.15) is 11.5 Å². The normalized spacial score (nSPS) is 27.9. The summed E-state index contributed by atoms with van der Waals surface area (Å²) in [5.74, 6) is 0.228. The predicted molar refractivity (Wildman–Crippen MR) is 53.7 cm³/mol. The van der Waals surface area contributed by atoms with Crippen LogP contribution in [0, 0.1) is 0 Å². The van der Waals surface area contributed by atoms with Crippen LogP contribution < -0.4 is 5.73 Å². The van der Waals surface area contributed by atoms with Crippen molar-refractivity contribution in [3.63, 3.8) is 0 Å². The van der Waals surface area contributed by atoms with Crippen molar-refractivity contribution < 1.29 is 14.9 Å². The van der Waals surface area contributed by atoms with E-state index in [-0.39, 0.29) is 12.4 Å². The Bertz CT molecular complexity index is 283. The molecule has 1 aliphatic rings. The lowest BCUT2D eigenvalue weighted by molar-refractivity contribution is 0.0200. The maximum absolute atomic E-state index is 9.51. The summed E-state index contributed by atoms with van der Waals surface area (Å²) < 4.78 is 5.22. The second kappa shape index (κ2) is 4.13. The molecule has 14 heavy (non-hydrogen) atoms. The molecule has 4 N–H and O–H groups in total. The van der Waals surface area contributed by atoms with Gasteiger partial charge in [0.05, 0.1) is 0 Å². The molecule has 0 amide bonds. The van der Waals surface area contributed by atoms with Gasteiger partial charge in [-0.15, -0.1) is 0 Å². The van der Waals surface area contributed by atoms with Crippen LogP contribution in [-0.4, -0.2) is 29.7 Å². The Morgan fingerprint density at radius 2 is 2.29 bits per heavy atom. The minimum atomic E-state index is -0.876. The van der Waals surface area contributed by atoms with E-state index in [1.54, 1.807) is 6.08 Å². The van der Waals surface area contributed by atoms with Gasteiger partial charge in [0.25, 0.3) is 0 Å². The van der Waals surface area contributed by atoms with Crippen molar-refractivity contribution in [1.82, 2.24) is 0 Å². The van der Waals surface area contributed by atoms with Crippen LogP contribution >= 0.6 is 0 Å². The van der Waals surface area contributed by atoms with Crippen LogP contribution in [0.25, 0.3) is 0 Å². The molecule has 0 aromatic rings. The fourth-order valence-electron chi connectivity index (χ4n) is 1.62. The Morgan fingerprint density at radius 3 is 2.79 bits per heavy atom. The van der Waals surface area contributed by atoms with E-state index in [0.29, 0.717) is 12.8 Å². The first-order valence-electron chi connectivity index (χ1n) is 4.58. The van der Waals surface area contributed by atoms with Crippen molar-refractivity contribution in [2.75, 3.05) is 13.7 Å². The van der Waals surface area contributed by atoms with E-state index < -0.39 is 5.72 Å². The van der Waals surface area contributed by atoms with Crippen molar-refractivity contribution in [3.8, 4) is 0 Å². The Balaban J connectivity index is 2.99. The van der Waals surface area contributed by atoms with Crippen LogP contribution in [0.3, 0.4) is 0 Å². The Labute approximate surface area is 83.7 Å². The van der Waals surface area contributed by atoms with Gasteiger partial charge in [0, 0.05) is 20.1 Å². The first-order valence-corrected chi connectivity index (χ1v) is 4.58. The van der Waals surface area contributed by atoms with Crippen molar-refractivity contribution >= 4 is 0 Å². The second-order valence-electron chi connectivity index (χ2n) is 3.58. The van der Waals surface area contributed by atoms with Gasteiger partial charge in [-0.3, -0.25) is 5.73 Å². The molecule has 1 rings (SSSR count). The largest absolute Gasteiger partial charge is 0.508 e. The first-order chi connectivity index (χ1) is 6.53. The summed E-state index contributed by atoms with van der Waals surface area (Å²) in [6.07, 6.45) is 2.46. The average Bonchev–Trinajstić information content (AvgIpc) is 2.15. The molecular formula is C10H17NO3. The third-order valence-corrected chi connectivity index (χ3v) is 2.56. The van der Waals surface area contributed by atoms with E-state index in [1.807, 2.05) is 6.92 Å². The summed E-state index contributed by atoms with van der Waals surface area (Å²) in [7, 11) is 1.53. The highest BCUT2D eigenvalue weighted by molar-refractivity contribution is 5.34. The van der Waals surface area contributed by atoms with Gasteiger partial charge in [-0.2, -0.15) is 0 Å². The molecule has 1 aliphatic carbocycles. The minimum absolute atomic E-state index is 0.000467. The number of aliphatic hydroxyl groups excluding tert-OH is 2. The molecule has 4 heteroatoms. The topological polar surface area (TPSA) is 75.7 Å². The van der Waals surface area contributed by atoms with E-state index in [1.165, 1.54) is 7.11 Å². The molecule has 1 atom stereocenters. The van der Waals surface area contributed by atoms with Gasteiger partial charge in [-0.25, -0.2) is 0 Å². The minimum Gasteiger partial charge on any atom is -0.508 e. The van der Waals surface area contributed by atoms with Crippen LogP contribution in [0.4, 0.5) is 0 Å². The molecule has 4 nitrogen and oxygen atoms in total. The van der Waals surface area contributed by atoms with E-state index >= 15 is 0 Å². The number of methoxy groups -OCH3 is 1. The highest BCUT2D eigenvalue weighted by Gasteiger charge is 2.33. The predicted octanol–water partition coefficient (Wildman–Crippen LogP) is 0.832. The summed E-state index contributed by atoms with van der Waals surface area (Å²) in [6.45, 7) is 1.81. The first kappa shape index (κ1) is 11.2. The van der Waals surface area contributed by atoms with Gasteiger partial charge in [-0.1, -0.05) is 0 Å². The zero-order valence-electron chi connectivity index (χ0n) is 8.58. The van der Waals surface area contributed by atoms with Crippen LogP contribution in [0.5, 0.6) is 0 Å². The van der Waals surface area contributed by atoms with E-state index in [0.717, 1.165) is 11.1 Å². The molecule has 0 fully saturated rings. The van der Waals surface area contributed by atoms with Gasteiger partial charge < -0.3 is 14.9 Å². The van der Waals surface area contributed by atoms with Gasteiger partial charge in [-0.05, 0) is 30.6 Å². The van der Waals surface area contributed by atoms with Crippen LogP contribution in [-0.2, 0) is 4.74 Å². The fraction of sp³-hybridized carbons (Fsp3) is 0.600. The highest BCUT2D eigenvalue weighted by Crippen LogP contribution is 2.32.